The van der Waals surface area contributed by atoms with E-state index in [1.807, 2.05) is 0 Å². The highest BCUT2D eigenvalue weighted by molar-refractivity contribution is 5.74. The van der Waals surface area contributed by atoms with E-state index in [-0.39, 0.29) is 5.91 Å². The smallest absolute Gasteiger partial charge is 0.218 e. The Labute approximate surface area is 67.3 Å². The molecule has 1 heterocycles. The fourth-order valence-electron chi connectivity index (χ4n) is 1.62. The highest BCUT2D eigenvalue weighted by Gasteiger charge is 2.19. The Bertz CT molecular complexity index is 147. The molecule has 11 heavy (non-hydrogen) atoms. The van der Waals surface area contributed by atoms with Gasteiger partial charge in [-0.05, 0) is 25.3 Å². The second kappa shape index (κ2) is 3.72. The number of amides is 1. The van der Waals surface area contributed by atoms with E-state index >= 15 is 0 Å². The van der Waals surface area contributed by atoms with Crippen LogP contribution in [0.25, 0.3) is 0 Å². The van der Waals surface area contributed by atoms with Crippen molar-refractivity contribution < 1.29 is 4.79 Å². The van der Waals surface area contributed by atoms with E-state index in [1.54, 1.807) is 0 Å². The molecule has 1 fully saturated rings. The van der Waals surface area contributed by atoms with E-state index in [2.05, 4.69) is 12.2 Å². The molecular formula is C8H16N2O. The predicted molar refractivity (Wildman–Crippen MR) is 44.0 cm³/mol. The third kappa shape index (κ3) is 2.89. The first-order chi connectivity index (χ1) is 5.18. The first-order valence-electron chi connectivity index (χ1n) is 4.20. The first-order valence-corrected chi connectivity index (χ1v) is 4.20. The van der Waals surface area contributed by atoms with Crippen LogP contribution in [-0.4, -0.2) is 18.5 Å². The summed E-state index contributed by atoms with van der Waals surface area (Å²) in [6, 6.07) is 0.330. The summed E-state index contributed by atoms with van der Waals surface area (Å²) in [5.74, 6) is 0.539. The lowest BCUT2D eigenvalue weighted by molar-refractivity contribution is -0.118. The Morgan fingerprint density at radius 1 is 1.73 bits per heavy atom. The van der Waals surface area contributed by atoms with Gasteiger partial charge in [-0.3, -0.25) is 4.79 Å². The minimum absolute atomic E-state index is 0.198. The minimum atomic E-state index is -0.198. The highest BCUT2D eigenvalue weighted by atomic mass is 16.1. The quantitative estimate of drug-likeness (QED) is 0.602. The maximum Gasteiger partial charge on any atom is 0.218 e. The minimum Gasteiger partial charge on any atom is -0.370 e. The van der Waals surface area contributed by atoms with Gasteiger partial charge in [-0.1, -0.05) is 6.92 Å². The van der Waals surface area contributed by atoms with E-state index in [4.69, 9.17) is 5.73 Å². The van der Waals surface area contributed by atoms with Gasteiger partial charge in [0.05, 0.1) is 0 Å². The zero-order valence-electron chi connectivity index (χ0n) is 6.97. The van der Waals surface area contributed by atoms with Crippen molar-refractivity contribution in [1.29, 1.82) is 0 Å². The molecule has 0 aromatic rings. The van der Waals surface area contributed by atoms with Crippen molar-refractivity contribution in [3.05, 3.63) is 0 Å². The number of carbonyl (C=O) groups is 1. The van der Waals surface area contributed by atoms with Gasteiger partial charge in [0.2, 0.25) is 5.91 Å². The summed E-state index contributed by atoms with van der Waals surface area (Å²) in [4.78, 5) is 10.6. The summed E-state index contributed by atoms with van der Waals surface area (Å²) in [6.45, 7) is 3.24. The van der Waals surface area contributed by atoms with Gasteiger partial charge in [-0.2, -0.15) is 0 Å². The average Bonchev–Trinajstić information content (AvgIpc) is 1.85. The zero-order valence-corrected chi connectivity index (χ0v) is 6.97. The Morgan fingerprint density at radius 2 is 2.45 bits per heavy atom. The van der Waals surface area contributed by atoms with Crippen LogP contribution in [0.15, 0.2) is 0 Å². The lowest BCUT2D eigenvalue weighted by Gasteiger charge is -2.27. The second-order valence-electron chi connectivity index (χ2n) is 3.45. The van der Waals surface area contributed by atoms with Crippen molar-refractivity contribution in [2.45, 2.75) is 32.2 Å². The number of hydrogen-bond donors (Lipinski definition) is 2. The van der Waals surface area contributed by atoms with Gasteiger partial charge < -0.3 is 11.1 Å². The van der Waals surface area contributed by atoms with Crippen LogP contribution in [-0.2, 0) is 4.79 Å². The van der Waals surface area contributed by atoms with Crippen molar-refractivity contribution in [3.8, 4) is 0 Å². The SMILES string of the molecule is CC1CCNC(CC(N)=O)C1. The van der Waals surface area contributed by atoms with Gasteiger partial charge in [-0.15, -0.1) is 0 Å². The van der Waals surface area contributed by atoms with E-state index in [9.17, 15) is 4.79 Å². The first kappa shape index (κ1) is 8.53. The number of piperidine rings is 1. The van der Waals surface area contributed by atoms with Gasteiger partial charge in [0.15, 0.2) is 0 Å². The van der Waals surface area contributed by atoms with Crippen LogP contribution in [0.4, 0.5) is 0 Å². The molecule has 2 unspecified atom stereocenters. The van der Waals surface area contributed by atoms with Crippen molar-refractivity contribution in [3.63, 3.8) is 0 Å². The average molecular weight is 156 g/mol. The number of nitrogens with two attached hydrogens (primary N) is 1. The molecule has 1 aliphatic rings. The number of carbonyl (C=O) groups excluding carboxylic acids is 1. The van der Waals surface area contributed by atoms with Crippen LogP contribution in [0.5, 0.6) is 0 Å². The Kier molecular flexibility index (Phi) is 2.88. The van der Waals surface area contributed by atoms with Crippen LogP contribution in [0.2, 0.25) is 0 Å². The highest BCUT2D eigenvalue weighted by Crippen LogP contribution is 2.16. The Morgan fingerprint density at radius 3 is 3.00 bits per heavy atom. The summed E-state index contributed by atoms with van der Waals surface area (Å²) < 4.78 is 0. The Balaban J connectivity index is 2.28. The molecule has 0 saturated carbocycles. The van der Waals surface area contributed by atoms with E-state index < -0.39 is 0 Å². The lowest BCUT2D eigenvalue weighted by Crippen LogP contribution is -2.39. The van der Waals surface area contributed by atoms with Crippen LogP contribution >= 0.6 is 0 Å². The second-order valence-corrected chi connectivity index (χ2v) is 3.45. The van der Waals surface area contributed by atoms with Crippen molar-refractivity contribution >= 4 is 5.91 Å². The number of hydrogen-bond acceptors (Lipinski definition) is 2. The third-order valence-electron chi connectivity index (χ3n) is 2.20. The van der Waals surface area contributed by atoms with Gasteiger partial charge in [-0.25, -0.2) is 0 Å². The lowest BCUT2D eigenvalue weighted by atomic mass is 9.92. The maximum absolute atomic E-state index is 10.6. The Hall–Kier alpha value is -0.570. The fourth-order valence-corrected chi connectivity index (χ4v) is 1.62. The summed E-state index contributed by atoms with van der Waals surface area (Å²) in [6.07, 6.45) is 2.79. The van der Waals surface area contributed by atoms with Crippen LogP contribution in [0.1, 0.15) is 26.2 Å². The normalized spacial score (nSPS) is 31.7. The molecule has 3 N–H and O–H groups in total. The molecular weight excluding hydrogens is 140 g/mol. The van der Waals surface area contributed by atoms with Gasteiger partial charge in [0.1, 0.15) is 0 Å². The standard InChI is InChI=1S/C8H16N2O/c1-6-2-3-10-7(4-6)5-8(9)11/h6-7,10H,2-5H2,1H3,(H2,9,11). The molecule has 64 valence electrons. The van der Waals surface area contributed by atoms with E-state index in [0.717, 1.165) is 18.9 Å². The molecule has 1 amide bonds. The topological polar surface area (TPSA) is 55.1 Å². The number of primary amides is 1. The molecule has 0 radical (unpaired) electrons. The molecule has 2 atom stereocenters. The van der Waals surface area contributed by atoms with Crippen LogP contribution < -0.4 is 11.1 Å². The van der Waals surface area contributed by atoms with Gasteiger partial charge in [0, 0.05) is 12.5 Å². The fraction of sp³-hybridized carbons (Fsp3) is 0.875. The monoisotopic (exact) mass is 156 g/mol. The van der Waals surface area contributed by atoms with Crippen LogP contribution in [0, 0.1) is 5.92 Å². The molecule has 0 aliphatic carbocycles. The third-order valence-corrected chi connectivity index (χ3v) is 2.20. The van der Waals surface area contributed by atoms with E-state index in [1.165, 1.54) is 6.42 Å². The number of rotatable bonds is 2. The molecule has 3 nitrogen and oxygen atoms in total. The van der Waals surface area contributed by atoms with Crippen molar-refractivity contribution in [2.75, 3.05) is 6.54 Å². The zero-order chi connectivity index (χ0) is 8.27. The number of nitrogens with one attached hydrogen (secondary N) is 1. The van der Waals surface area contributed by atoms with Crippen LogP contribution in [0.3, 0.4) is 0 Å². The summed E-state index contributed by atoms with van der Waals surface area (Å²) in [7, 11) is 0. The molecule has 1 rings (SSSR count). The van der Waals surface area contributed by atoms with Crippen molar-refractivity contribution in [1.82, 2.24) is 5.32 Å². The molecule has 0 aromatic carbocycles. The summed E-state index contributed by atoms with van der Waals surface area (Å²) in [5.41, 5.74) is 5.09. The molecule has 1 saturated heterocycles. The molecule has 0 bridgehead atoms. The molecule has 1 aliphatic heterocycles. The summed E-state index contributed by atoms with van der Waals surface area (Å²) >= 11 is 0. The predicted octanol–water partition coefficient (Wildman–Crippen LogP) is 0.250. The van der Waals surface area contributed by atoms with Gasteiger partial charge >= 0.3 is 0 Å². The molecule has 0 spiro atoms. The molecule has 0 aromatic heterocycles. The largest absolute Gasteiger partial charge is 0.370 e. The van der Waals surface area contributed by atoms with E-state index in [0.29, 0.717) is 12.5 Å². The summed E-state index contributed by atoms with van der Waals surface area (Å²) in [5, 5.41) is 3.28. The van der Waals surface area contributed by atoms with Crippen molar-refractivity contribution in [2.24, 2.45) is 11.7 Å². The maximum atomic E-state index is 10.6. The molecule has 3 heteroatoms. The van der Waals surface area contributed by atoms with Gasteiger partial charge in [0.25, 0.3) is 0 Å².